The van der Waals surface area contributed by atoms with Crippen LogP contribution in [0.25, 0.3) is 11.0 Å². The molecule has 0 atom stereocenters. The lowest BCUT2D eigenvalue weighted by molar-refractivity contribution is -0.184. The molecule has 1 aliphatic heterocycles. The third-order valence-corrected chi connectivity index (χ3v) is 2.94. The number of hydrogen-bond acceptors (Lipinski definition) is 3. The second-order valence-corrected chi connectivity index (χ2v) is 4.08. The van der Waals surface area contributed by atoms with E-state index in [-0.39, 0.29) is 0 Å². The summed E-state index contributed by atoms with van der Waals surface area (Å²) in [6.07, 6.45) is 1.77. The zero-order valence-corrected chi connectivity index (χ0v) is 8.47. The van der Waals surface area contributed by atoms with Gasteiger partial charge in [0, 0.05) is 7.05 Å². The predicted octanol–water partition coefficient (Wildman–Crippen LogP) is 0.791. The van der Waals surface area contributed by atoms with Gasteiger partial charge in [-0.25, -0.2) is 4.98 Å². The third-order valence-electron chi connectivity index (χ3n) is 2.94. The van der Waals surface area contributed by atoms with E-state index in [9.17, 15) is 5.11 Å². The van der Waals surface area contributed by atoms with Crippen LogP contribution in [-0.2, 0) is 17.4 Å². The fraction of sp³-hybridized carbons (Fsp3) is 0.364. The number of rotatable bonds is 1. The van der Waals surface area contributed by atoms with Crippen LogP contribution in [0.5, 0.6) is 0 Å². The van der Waals surface area contributed by atoms with Crippen LogP contribution in [0.2, 0.25) is 0 Å². The maximum atomic E-state index is 10.1. The van der Waals surface area contributed by atoms with Gasteiger partial charge in [-0.1, -0.05) is 6.07 Å². The Morgan fingerprint density at radius 2 is 2.27 bits per heavy atom. The lowest BCUT2D eigenvalue weighted by Crippen LogP contribution is -2.46. The van der Waals surface area contributed by atoms with E-state index in [0.29, 0.717) is 13.2 Å². The summed E-state index contributed by atoms with van der Waals surface area (Å²) >= 11 is 0. The summed E-state index contributed by atoms with van der Waals surface area (Å²) in [5, 5.41) is 10.1. The molecule has 0 bridgehead atoms. The second-order valence-electron chi connectivity index (χ2n) is 4.08. The summed E-state index contributed by atoms with van der Waals surface area (Å²) in [6.45, 7) is 0.761. The molecular weight excluding hydrogens is 192 g/mol. The highest BCUT2D eigenvalue weighted by Gasteiger charge is 2.38. The SMILES string of the molecule is Cn1cnc2cc(C3(O)COC3)ccc21. The molecule has 0 aliphatic carbocycles. The summed E-state index contributed by atoms with van der Waals surface area (Å²) in [7, 11) is 1.95. The van der Waals surface area contributed by atoms with Crippen LogP contribution < -0.4 is 0 Å². The molecule has 1 N–H and O–H groups in total. The van der Waals surface area contributed by atoms with E-state index in [0.717, 1.165) is 16.6 Å². The molecule has 2 heterocycles. The normalized spacial score (nSPS) is 19.1. The molecule has 15 heavy (non-hydrogen) atoms. The molecule has 1 saturated heterocycles. The average molecular weight is 204 g/mol. The Hall–Kier alpha value is -1.39. The molecule has 4 heteroatoms. The summed E-state index contributed by atoms with van der Waals surface area (Å²) in [4.78, 5) is 4.26. The lowest BCUT2D eigenvalue weighted by atomic mass is 9.92. The van der Waals surface area contributed by atoms with E-state index >= 15 is 0 Å². The number of ether oxygens (including phenoxy) is 1. The minimum atomic E-state index is -0.800. The third kappa shape index (κ3) is 1.19. The zero-order chi connectivity index (χ0) is 10.5. The van der Waals surface area contributed by atoms with E-state index in [1.807, 2.05) is 29.8 Å². The zero-order valence-electron chi connectivity index (χ0n) is 8.47. The fourth-order valence-electron chi connectivity index (χ4n) is 1.89. The molecule has 0 unspecified atom stereocenters. The van der Waals surface area contributed by atoms with Gasteiger partial charge in [0.1, 0.15) is 5.60 Å². The summed E-state index contributed by atoms with van der Waals surface area (Å²) in [5.74, 6) is 0. The molecule has 0 radical (unpaired) electrons. The van der Waals surface area contributed by atoms with Gasteiger partial charge in [-0.3, -0.25) is 0 Å². The quantitative estimate of drug-likeness (QED) is 0.747. The predicted molar refractivity (Wildman–Crippen MR) is 55.4 cm³/mol. The second kappa shape index (κ2) is 2.81. The minimum absolute atomic E-state index is 0.380. The van der Waals surface area contributed by atoms with Gasteiger partial charge >= 0.3 is 0 Å². The first-order valence-corrected chi connectivity index (χ1v) is 4.91. The summed E-state index contributed by atoms with van der Waals surface area (Å²) in [5.41, 5.74) is 2.07. The van der Waals surface area contributed by atoms with Gasteiger partial charge in [-0.05, 0) is 17.7 Å². The van der Waals surface area contributed by atoms with Crippen LogP contribution >= 0.6 is 0 Å². The van der Waals surface area contributed by atoms with Crippen molar-refractivity contribution >= 4 is 11.0 Å². The van der Waals surface area contributed by atoms with Gasteiger partial charge < -0.3 is 14.4 Å². The number of imidazole rings is 1. The Morgan fingerprint density at radius 3 is 2.93 bits per heavy atom. The molecule has 0 amide bonds. The minimum Gasteiger partial charge on any atom is -0.380 e. The van der Waals surface area contributed by atoms with Gasteiger partial charge in [0.25, 0.3) is 0 Å². The number of nitrogens with zero attached hydrogens (tertiary/aromatic N) is 2. The number of aromatic nitrogens is 2. The van der Waals surface area contributed by atoms with E-state index in [2.05, 4.69) is 4.98 Å². The smallest absolute Gasteiger partial charge is 0.136 e. The Labute approximate surface area is 87.1 Å². The Balaban J connectivity index is 2.14. The summed E-state index contributed by atoms with van der Waals surface area (Å²) < 4.78 is 6.99. The van der Waals surface area contributed by atoms with Crippen LogP contribution in [0.3, 0.4) is 0 Å². The van der Waals surface area contributed by atoms with Gasteiger partial charge in [0.05, 0.1) is 30.6 Å². The van der Waals surface area contributed by atoms with E-state index < -0.39 is 5.60 Å². The molecule has 1 aliphatic rings. The molecule has 1 fully saturated rings. The molecule has 4 nitrogen and oxygen atoms in total. The molecule has 0 saturated carbocycles. The first-order valence-electron chi connectivity index (χ1n) is 4.91. The van der Waals surface area contributed by atoms with Crippen molar-refractivity contribution in [2.75, 3.05) is 13.2 Å². The first kappa shape index (κ1) is 8.88. The molecule has 3 rings (SSSR count). The van der Waals surface area contributed by atoms with Crippen LogP contribution in [0.1, 0.15) is 5.56 Å². The lowest BCUT2D eigenvalue weighted by Gasteiger charge is -2.36. The molecule has 1 aromatic heterocycles. The van der Waals surface area contributed by atoms with Crippen molar-refractivity contribution in [1.29, 1.82) is 0 Å². The van der Waals surface area contributed by atoms with E-state index in [1.54, 1.807) is 6.33 Å². The van der Waals surface area contributed by atoms with Crippen molar-refractivity contribution < 1.29 is 9.84 Å². The van der Waals surface area contributed by atoms with Crippen molar-refractivity contribution in [2.45, 2.75) is 5.60 Å². The first-order chi connectivity index (χ1) is 7.19. The maximum Gasteiger partial charge on any atom is 0.136 e. The fourth-order valence-corrected chi connectivity index (χ4v) is 1.89. The molecule has 0 spiro atoms. The topological polar surface area (TPSA) is 47.3 Å². The summed E-state index contributed by atoms with van der Waals surface area (Å²) in [6, 6.07) is 5.85. The highest BCUT2D eigenvalue weighted by atomic mass is 16.5. The molecule has 2 aromatic rings. The van der Waals surface area contributed by atoms with Gasteiger partial charge in [-0.15, -0.1) is 0 Å². The number of aryl methyl sites for hydroxylation is 1. The number of aliphatic hydroxyl groups is 1. The van der Waals surface area contributed by atoms with Crippen molar-refractivity contribution in [1.82, 2.24) is 9.55 Å². The average Bonchev–Trinajstić information content (AvgIpc) is 2.56. The monoisotopic (exact) mass is 204 g/mol. The largest absolute Gasteiger partial charge is 0.380 e. The van der Waals surface area contributed by atoms with E-state index in [4.69, 9.17) is 4.74 Å². The number of benzene rings is 1. The van der Waals surface area contributed by atoms with Crippen LogP contribution in [0, 0.1) is 0 Å². The Kier molecular flexibility index (Phi) is 1.66. The van der Waals surface area contributed by atoms with E-state index in [1.165, 1.54) is 0 Å². The van der Waals surface area contributed by atoms with Crippen LogP contribution in [0.15, 0.2) is 24.5 Å². The van der Waals surface area contributed by atoms with Crippen molar-refractivity contribution in [3.63, 3.8) is 0 Å². The standard InChI is InChI=1S/C11H12N2O2/c1-13-7-12-9-4-8(2-3-10(9)13)11(14)5-15-6-11/h2-4,7,14H,5-6H2,1H3. The van der Waals surface area contributed by atoms with Gasteiger partial charge in [0.15, 0.2) is 0 Å². The number of hydrogen-bond donors (Lipinski definition) is 1. The highest BCUT2D eigenvalue weighted by molar-refractivity contribution is 5.76. The maximum absolute atomic E-state index is 10.1. The van der Waals surface area contributed by atoms with Crippen molar-refractivity contribution in [3.8, 4) is 0 Å². The Bertz CT molecular complexity index is 514. The van der Waals surface area contributed by atoms with Gasteiger partial charge in [0.2, 0.25) is 0 Å². The van der Waals surface area contributed by atoms with Crippen molar-refractivity contribution in [2.24, 2.45) is 7.05 Å². The number of fused-ring (bicyclic) bond motifs is 1. The molecule has 1 aromatic carbocycles. The highest BCUT2D eigenvalue weighted by Crippen LogP contribution is 2.30. The Morgan fingerprint density at radius 1 is 1.47 bits per heavy atom. The van der Waals surface area contributed by atoms with Crippen LogP contribution in [0.4, 0.5) is 0 Å². The van der Waals surface area contributed by atoms with Gasteiger partial charge in [-0.2, -0.15) is 0 Å². The molecular formula is C11H12N2O2. The molecule has 78 valence electrons. The van der Waals surface area contributed by atoms with Crippen LogP contribution in [-0.4, -0.2) is 27.9 Å². The van der Waals surface area contributed by atoms with Crippen molar-refractivity contribution in [3.05, 3.63) is 30.1 Å².